The van der Waals surface area contributed by atoms with E-state index in [1.54, 1.807) is 41.3 Å². The third kappa shape index (κ3) is 4.86. The van der Waals surface area contributed by atoms with Gasteiger partial charge in [-0.25, -0.2) is 4.21 Å². The van der Waals surface area contributed by atoms with Crippen LogP contribution in [0.2, 0.25) is 0 Å². The summed E-state index contributed by atoms with van der Waals surface area (Å²) in [5.41, 5.74) is 2.87. The predicted molar refractivity (Wildman–Crippen MR) is 134 cm³/mol. The molecule has 1 fully saturated rings. The number of carbonyl (C=O) groups is 1. The number of nitrogens with one attached hydrogen (secondary N) is 1. The van der Waals surface area contributed by atoms with E-state index in [9.17, 15) is 14.1 Å². The van der Waals surface area contributed by atoms with Crippen LogP contribution in [0.4, 0.5) is 5.69 Å². The molecule has 0 spiro atoms. The molecule has 7 nitrogen and oxygen atoms in total. The van der Waals surface area contributed by atoms with Crippen molar-refractivity contribution >= 4 is 45.3 Å². The molecule has 1 saturated heterocycles. The maximum atomic E-state index is 13.0. The molecule has 2 heterocycles. The molecule has 9 heteroatoms. The van der Waals surface area contributed by atoms with E-state index < -0.39 is 16.6 Å². The van der Waals surface area contributed by atoms with Crippen LogP contribution in [0.25, 0.3) is 11.0 Å². The first kappa shape index (κ1) is 22.6. The van der Waals surface area contributed by atoms with Gasteiger partial charge in [0, 0.05) is 30.8 Å². The van der Waals surface area contributed by atoms with Gasteiger partial charge in [-0.1, -0.05) is 36.4 Å². The Morgan fingerprint density at radius 3 is 2.47 bits per heavy atom. The summed E-state index contributed by atoms with van der Waals surface area (Å²) in [6.45, 7) is 1.02. The molecule has 2 N–H and O–H groups in total. The van der Waals surface area contributed by atoms with Gasteiger partial charge in [-0.15, -0.1) is 0 Å². The zero-order chi connectivity index (χ0) is 23.5. The molecule has 0 bridgehead atoms. The van der Waals surface area contributed by atoms with Gasteiger partial charge in [-0.3, -0.25) is 4.79 Å². The molecule has 5 rings (SSSR count). The van der Waals surface area contributed by atoms with E-state index in [1.165, 1.54) is 0 Å². The number of benzene rings is 3. The minimum absolute atomic E-state index is 0.0623. The van der Waals surface area contributed by atoms with E-state index in [2.05, 4.69) is 13.5 Å². The first-order chi connectivity index (χ1) is 16.5. The van der Waals surface area contributed by atoms with Crippen molar-refractivity contribution < 1.29 is 14.1 Å². The van der Waals surface area contributed by atoms with Crippen molar-refractivity contribution in [3.63, 3.8) is 0 Å². The molecule has 174 valence electrons. The molecule has 4 aromatic rings. The number of amides is 1. The third-order valence-electron chi connectivity index (χ3n) is 6.15. The minimum atomic E-state index is -1.50. The van der Waals surface area contributed by atoms with Crippen LogP contribution in [-0.4, -0.2) is 47.6 Å². The number of anilines is 1. The van der Waals surface area contributed by atoms with Gasteiger partial charge in [0.15, 0.2) is 11.0 Å². The highest BCUT2D eigenvalue weighted by atomic mass is 32.2. The third-order valence-corrected chi connectivity index (χ3v) is 7.84. The second-order valence-corrected chi connectivity index (χ2v) is 10.2. The highest BCUT2D eigenvalue weighted by Gasteiger charge is 2.34. The second kappa shape index (κ2) is 9.61. The minimum Gasteiger partial charge on any atom is -0.389 e. The van der Waals surface area contributed by atoms with Crippen LogP contribution >= 0.6 is 11.7 Å². The van der Waals surface area contributed by atoms with Gasteiger partial charge in [0.1, 0.15) is 11.0 Å². The predicted octanol–water partition coefficient (Wildman–Crippen LogP) is 4.04. The summed E-state index contributed by atoms with van der Waals surface area (Å²) in [5.74, 6) is -0.0623. The van der Waals surface area contributed by atoms with Gasteiger partial charge >= 0.3 is 0 Å². The number of hydrogen-bond acceptors (Lipinski definition) is 6. The van der Waals surface area contributed by atoms with Gasteiger partial charge in [0.25, 0.3) is 5.91 Å². The average molecular weight is 493 g/mol. The molecule has 1 unspecified atom stereocenters. The molecular weight excluding hydrogens is 468 g/mol. The standard InChI is InChI=1S/C25H24N4O3S2/c30-24(29-15-13-25(31,14-16-29)17-18-5-2-1-3-6-18)19-9-11-20(12-10-19)28-34(32)22-8-4-7-21-23(22)27-33-26-21/h1-12,28,31H,13-17H2. The Hall–Kier alpha value is -3.14. The zero-order valence-electron chi connectivity index (χ0n) is 18.4. The molecular formula is C25H24N4O3S2. The molecule has 3 aromatic carbocycles. The summed E-state index contributed by atoms with van der Waals surface area (Å²) in [4.78, 5) is 15.4. The monoisotopic (exact) mass is 492 g/mol. The van der Waals surface area contributed by atoms with Crippen LogP contribution < -0.4 is 4.72 Å². The lowest BCUT2D eigenvalue weighted by Gasteiger charge is -2.38. The van der Waals surface area contributed by atoms with E-state index in [0.717, 1.165) is 22.8 Å². The fourth-order valence-corrected chi connectivity index (χ4v) is 5.83. The maximum absolute atomic E-state index is 13.0. The number of rotatable bonds is 6. The van der Waals surface area contributed by atoms with Crippen LogP contribution in [0.5, 0.6) is 0 Å². The molecule has 0 saturated carbocycles. The quantitative estimate of drug-likeness (QED) is 0.424. The van der Waals surface area contributed by atoms with Gasteiger partial charge < -0.3 is 14.7 Å². The fourth-order valence-electron chi connectivity index (χ4n) is 4.24. The number of fused-ring (bicyclic) bond motifs is 1. The lowest BCUT2D eigenvalue weighted by Crippen LogP contribution is -2.47. The fraction of sp³-hybridized carbons (Fsp3) is 0.240. The Balaban J connectivity index is 1.20. The van der Waals surface area contributed by atoms with Crippen LogP contribution in [0.3, 0.4) is 0 Å². The summed E-state index contributed by atoms with van der Waals surface area (Å²) in [7, 11) is -1.50. The highest BCUT2D eigenvalue weighted by Crippen LogP contribution is 2.28. The highest BCUT2D eigenvalue weighted by molar-refractivity contribution is 7.86. The smallest absolute Gasteiger partial charge is 0.253 e. The van der Waals surface area contributed by atoms with Gasteiger partial charge in [0.2, 0.25) is 0 Å². The van der Waals surface area contributed by atoms with Crippen LogP contribution in [0, 0.1) is 0 Å². The molecule has 1 amide bonds. The van der Waals surface area contributed by atoms with Crippen LogP contribution in [-0.2, 0) is 17.4 Å². The Labute approximate surface area is 204 Å². The van der Waals surface area contributed by atoms with Crippen molar-refractivity contribution in [1.82, 2.24) is 13.6 Å². The molecule has 0 radical (unpaired) electrons. The van der Waals surface area contributed by atoms with Crippen LogP contribution in [0.15, 0.2) is 77.7 Å². The van der Waals surface area contributed by atoms with Crippen molar-refractivity contribution in [2.24, 2.45) is 0 Å². The SMILES string of the molecule is O=C(c1ccc(NS(=O)c2cccc3nsnc23)cc1)N1CCC(O)(Cc2ccccc2)CC1. The number of nitrogens with zero attached hydrogens (tertiary/aromatic N) is 3. The van der Waals surface area contributed by atoms with Gasteiger partial charge in [-0.05, 0) is 54.8 Å². The topological polar surface area (TPSA) is 95.4 Å². The van der Waals surface area contributed by atoms with E-state index in [4.69, 9.17) is 0 Å². The maximum Gasteiger partial charge on any atom is 0.253 e. The molecule has 1 atom stereocenters. The first-order valence-electron chi connectivity index (χ1n) is 11.1. The number of aromatic nitrogens is 2. The molecule has 1 aliphatic heterocycles. The van der Waals surface area contributed by atoms with Crippen molar-refractivity contribution in [1.29, 1.82) is 0 Å². The lowest BCUT2D eigenvalue weighted by molar-refractivity contribution is -0.0162. The first-order valence-corrected chi connectivity index (χ1v) is 12.9. The Morgan fingerprint density at radius 2 is 1.74 bits per heavy atom. The Morgan fingerprint density at radius 1 is 1.00 bits per heavy atom. The van der Waals surface area contributed by atoms with E-state index in [-0.39, 0.29) is 5.91 Å². The molecule has 1 aliphatic rings. The molecule has 34 heavy (non-hydrogen) atoms. The normalized spacial score (nSPS) is 16.3. The van der Waals surface area contributed by atoms with E-state index in [1.807, 2.05) is 36.4 Å². The summed E-state index contributed by atoms with van der Waals surface area (Å²) < 4.78 is 24.2. The summed E-state index contributed by atoms with van der Waals surface area (Å²) >= 11 is 1.09. The lowest BCUT2D eigenvalue weighted by atomic mass is 9.85. The van der Waals surface area contributed by atoms with Crippen LogP contribution in [0.1, 0.15) is 28.8 Å². The largest absolute Gasteiger partial charge is 0.389 e. The zero-order valence-corrected chi connectivity index (χ0v) is 20.0. The van der Waals surface area contributed by atoms with Crippen molar-refractivity contribution in [2.45, 2.75) is 29.8 Å². The summed E-state index contributed by atoms with van der Waals surface area (Å²) in [6, 6.07) is 22.3. The van der Waals surface area contributed by atoms with E-state index in [0.29, 0.717) is 54.0 Å². The van der Waals surface area contributed by atoms with Crippen molar-refractivity contribution in [3.05, 3.63) is 83.9 Å². The molecule has 0 aliphatic carbocycles. The van der Waals surface area contributed by atoms with Crippen molar-refractivity contribution in [2.75, 3.05) is 17.8 Å². The summed E-state index contributed by atoms with van der Waals surface area (Å²) in [5, 5.41) is 11.0. The second-order valence-electron chi connectivity index (χ2n) is 8.52. The average Bonchev–Trinajstić information content (AvgIpc) is 3.34. The number of piperidine rings is 1. The summed E-state index contributed by atoms with van der Waals surface area (Å²) in [6.07, 6.45) is 1.69. The Kier molecular flexibility index (Phi) is 6.40. The van der Waals surface area contributed by atoms with Crippen molar-refractivity contribution in [3.8, 4) is 0 Å². The number of hydrogen-bond donors (Lipinski definition) is 2. The number of likely N-dealkylation sites (tertiary alicyclic amines) is 1. The van der Waals surface area contributed by atoms with Gasteiger partial charge in [0.05, 0.1) is 22.2 Å². The molecule has 1 aromatic heterocycles. The van der Waals surface area contributed by atoms with E-state index >= 15 is 0 Å². The van der Waals surface area contributed by atoms with Gasteiger partial charge in [-0.2, -0.15) is 8.75 Å². The Bertz CT molecular complexity index is 1320. The number of carbonyl (C=O) groups excluding carboxylic acids is 1. The number of aliphatic hydroxyl groups is 1.